The van der Waals surface area contributed by atoms with Crippen molar-refractivity contribution in [1.82, 2.24) is 10.2 Å². The molecule has 1 heterocycles. The molecule has 2 aliphatic rings. The third-order valence-corrected chi connectivity index (χ3v) is 4.38. The van der Waals surface area contributed by atoms with Crippen LogP contribution >= 0.6 is 0 Å². The van der Waals surface area contributed by atoms with E-state index in [0.717, 1.165) is 25.4 Å². The van der Waals surface area contributed by atoms with Crippen molar-refractivity contribution >= 4 is 0 Å². The molecule has 102 valence electrons. The summed E-state index contributed by atoms with van der Waals surface area (Å²) in [5.74, 6) is 1.38. The van der Waals surface area contributed by atoms with Crippen LogP contribution in [0.3, 0.4) is 0 Å². The van der Waals surface area contributed by atoms with Crippen molar-refractivity contribution in [2.75, 3.05) is 26.2 Å². The standard InChI is InChI=1S/C15H27N3/c1-3-8-17-15(11-16,14-6-7-14)12-18-9-4-5-13(2)10-18/h13-14,17H,3-10,12H2,1-2H3. The minimum absolute atomic E-state index is 0.271. The molecule has 2 fully saturated rings. The van der Waals surface area contributed by atoms with Gasteiger partial charge in [-0.05, 0) is 57.0 Å². The Morgan fingerprint density at radius 2 is 2.17 bits per heavy atom. The van der Waals surface area contributed by atoms with Crippen molar-refractivity contribution in [3.05, 3.63) is 0 Å². The first-order chi connectivity index (χ1) is 8.70. The van der Waals surface area contributed by atoms with Gasteiger partial charge >= 0.3 is 0 Å². The minimum Gasteiger partial charge on any atom is -0.300 e. The first-order valence-corrected chi connectivity index (χ1v) is 7.59. The molecule has 1 N–H and O–H groups in total. The molecule has 0 radical (unpaired) electrons. The van der Waals surface area contributed by atoms with E-state index in [1.54, 1.807) is 0 Å². The molecule has 1 aliphatic heterocycles. The van der Waals surface area contributed by atoms with Gasteiger partial charge in [0.05, 0.1) is 6.07 Å². The van der Waals surface area contributed by atoms with Crippen molar-refractivity contribution in [2.45, 2.75) is 51.5 Å². The summed E-state index contributed by atoms with van der Waals surface area (Å²) < 4.78 is 0. The summed E-state index contributed by atoms with van der Waals surface area (Å²) in [5, 5.41) is 13.2. The largest absolute Gasteiger partial charge is 0.300 e. The van der Waals surface area contributed by atoms with E-state index in [4.69, 9.17) is 0 Å². The van der Waals surface area contributed by atoms with Crippen molar-refractivity contribution in [3.63, 3.8) is 0 Å². The van der Waals surface area contributed by atoms with Gasteiger partial charge < -0.3 is 4.90 Å². The van der Waals surface area contributed by atoms with Crippen molar-refractivity contribution in [3.8, 4) is 6.07 Å². The molecule has 0 aromatic carbocycles. The Morgan fingerprint density at radius 1 is 1.39 bits per heavy atom. The predicted molar refractivity (Wildman–Crippen MR) is 74.2 cm³/mol. The zero-order valence-electron chi connectivity index (χ0n) is 11.9. The van der Waals surface area contributed by atoms with E-state index in [9.17, 15) is 5.26 Å². The highest BCUT2D eigenvalue weighted by Crippen LogP contribution is 2.40. The highest BCUT2D eigenvalue weighted by molar-refractivity contribution is 5.16. The number of nitrogens with one attached hydrogen (secondary N) is 1. The van der Waals surface area contributed by atoms with Crippen LogP contribution in [0.1, 0.15) is 46.0 Å². The summed E-state index contributed by atoms with van der Waals surface area (Å²) in [6.45, 7) is 8.74. The number of nitrogens with zero attached hydrogens (tertiary/aromatic N) is 2. The topological polar surface area (TPSA) is 39.1 Å². The Hall–Kier alpha value is -0.590. The molecule has 2 unspecified atom stereocenters. The van der Waals surface area contributed by atoms with Crippen molar-refractivity contribution < 1.29 is 0 Å². The lowest BCUT2D eigenvalue weighted by Crippen LogP contribution is -2.56. The highest BCUT2D eigenvalue weighted by atomic mass is 15.2. The molecule has 0 bridgehead atoms. The lowest BCUT2D eigenvalue weighted by atomic mass is 9.91. The molecule has 0 aromatic heterocycles. The van der Waals surface area contributed by atoms with Crippen LogP contribution in [-0.4, -0.2) is 36.6 Å². The summed E-state index contributed by atoms with van der Waals surface area (Å²) in [6.07, 6.45) is 6.21. The Balaban J connectivity index is 1.97. The molecule has 1 aliphatic carbocycles. The monoisotopic (exact) mass is 249 g/mol. The molecule has 3 nitrogen and oxygen atoms in total. The van der Waals surface area contributed by atoms with E-state index in [1.807, 2.05) is 0 Å². The van der Waals surface area contributed by atoms with E-state index in [-0.39, 0.29) is 5.54 Å². The van der Waals surface area contributed by atoms with Crippen LogP contribution in [0.15, 0.2) is 0 Å². The number of rotatable bonds is 6. The van der Waals surface area contributed by atoms with Crippen LogP contribution in [0, 0.1) is 23.2 Å². The third-order valence-electron chi connectivity index (χ3n) is 4.38. The normalized spacial score (nSPS) is 28.6. The van der Waals surface area contributed by atoms with Gasteiger partial charge in [0.2, 0.25) is 0 Å². The Morgan fingerprint density at radius 3 is 2.72 bits per heavy atom. The van der Waals surface area contributed by atoms with Crippen LogP contribution in [0.5, 0.6) is 0 Å². The third kappa shape index (κ3) is 3.24. The highest BCUT2D eigenvalue weighted by Gasteiger charge is 2.46. The zero-order valence-corrected chi connectivity index (χ0v) is 11.9. The second-order valence-corrected chi connectivity index (χ2v) is 6.27. The fourth-order valence-electron chi connectivity index (χ4n) is 3.20. The molecule has 2 rings (SSSR count). The fraction of sp³-hybridized carbons (Fsp3) is 0.933. The molecule has 0 amide bonds. The molecule has 1 saturated heterocycles. The molecule has 2 atom stereocenters. The van der Waals surface area contributed by atoms with Crippen LogP contribution in [0.2, 0.25) is 0 Å². The van der Waals surface area contributed by atoms with E-state index in [1.165, 1.54) is 38.8 Å². The Kier molecular flexibility index (Phi) is 4.64. The van der Waals surface area contributed by atoms with Gasteiger partial charge in [-0.25, -0.2) is 0 Å². The summed E-state index contributed by atoms with van der Waals surface area (Å²) in [7, 11) is 0. The van der Waals surface area contributed by atoms with Crippen LogP contribution < -0.4 is 5.32 Å². The number of likely N-dealkylation sites (tertiary alicyclic amines) is 1. The predicted octanol–water partition coefficient (Wildman–Crippen LogP) is 2.39. The van der Waals surface area contributed by atoms with Gasteiger partial charge in [-0.2, -0.15) is 5.26 Å². The van der Waals surface area contributed by atoms with Gasteiger partial charge in [-0.1, -0.05) is 13.8 Å². The van der Waals surface area contributed by atoms with Crippen LogP contribution in [0.4, 0.5) is 0 Å². The van der Waals surface area contributed by atoms with E-state index in [2.05, 4.69) is 30.1 Å². The summed E-state index contributed by atoms with van der Waals surface area (Å²) in [5.41, 5.74) is -0.271. The van der Waals surface area contributed by atoms with Gasteiger partial charge in [0, 0.05) is 13.1 Å². The molecule has 18 heavy (non-hydrogen) atoms. The number of hydrogen-bond acceptors (Lipinski definition) is 3. The van der Waals surface area contributed by atoms with Crippen LogP contribution in [0.25, 0.3) is 0 Å². The van der Waals surface area contributed by atoms with Crippen molar-refractivity contribution in [2.24, 2.45) is 11.8 Å². The fourth-order valence-corrected chi connectivity index (χ4v) is 3.20. The second-order valence-electron chi connectivity index (χ2n) is 6.27. The number of hydrogen-bond donors (Lipinski definition) is 1. The maximum Gasteiger partial charge on any atom is 0.122 e. The molecular formula is C15H27N3. The Bertz CT molecular complexity index is 305. The summed E-state index contributed by atoms with van der Waals surface area (Å²) >= 11 is 0. The minimum atomic E-state index is -0.271. The smallest absolute Gasteiger partial charge is 0.122 e. The average molecular weight is 249 g/mol. The zero-order chi connectivity index (χ0) is 13.0. The number of piperidine rings is 1. The summed E-state index contributed by atoms with van der Waals surface area (Å²) in [6, 6.07) is 2.62. The SMILES string of the molecule is CCCNC(C#N)(CN1CCCC(C)C1)C1CC1. The molecule has 0 spiro atoms. The van der Waals surface area contributed by atoms with Gasteiger partial charge in [-0.15, -0.1) is 0 Å². The molecular weight excluding hydrogens is 222 g/mol. The average Bonchev–Trinajstić information content (AvgIpc) is 3.19. The lowest BCUT2D eigenvalue weighted by molar-refractivity contribution is 0.140. The van der Waals surface area contributed by atoms with Gasteiger partial charge in [0.15, 0.2) is 0 Å². The maximum absolute atomic E-state index is 9.67. The van der Waals surface area contributed by atoms with Gasteiger partial charge in [0.25, 0.3) is 0 Å². The second kappa shape index (κ2) is 6.04. The quantitative estimate of drug-likeness (QED) is 0.785. The summed E-state index contributed by atoms with van der Waals surface area (Å²) in [4.78, 5) is 2.51. The van der Waals surface area contributed by atoms with E-state index in [0.29, 0.717) is 5.92 Å². The molecule has 3 heteroatoms. The van der Waals surface area contributed by atoms with Gasteiger partial charge in [-0.3, -0.25) is 5.32 Å². The van der Waals surface area contributed by atoms with E-state index >= 15 is 0 Å². The first-order valence-electron chi connectivity index (χ1n) is 7.59. The molecule has 1 saturated carbocycles. The van der Waals surface area contributed by atoms with Crippen LogP contribution in [-0.2, 0) is 0 Å². The lowest BCUT2D eigenvalue weighted by Gasteiger charge is -2.38. The van der Waals surface area contributed by atoms with Crippen molar-refractivity contribution in [1.29, 1.82) is 5.26 Å². The van der Waals surface area contributed by atoms with Gasteiger partial charge in [0.1, 0.15) is 5.54 Å². The maximum atomic E-state index is 9.67. The number of nitriles is 1. The Labute approximate surface area is 112 Å². The molecule has 0 aromatic rings. The first kappa shape index (κ1) is 13.8. The van der Waals surface area contributed by atoms with E-state index < -0.39 is 0 Å².